The molecule has 0 saturated carbocycles. The summed E-state index contributed by atoms with van der Waals surface area (Å²) in [6.45, 7) is 3.21. The van der Waals surface area contributed by atoms with Gasteiger partial charge in [-0.05, 0) is 30.7 Å². The molecular weight excluding hydrogens is 334 g/mol. The second kappa shape index (κ2) is 6.67. The molecule has 0 bridgehead atoms. The van der Waals surface area contributed by atoms with E-state index in [4.69, 9.17) is 9.47 Å². The number of nitrogens with one attached hydrogen (secondary N) is 1. The molecule has 0 radical (unpaired) electrons. The lowest BCUT2D eigenvalue weighted by Gasteiger charge is -2.22. The van der Waals surface area contributed by atoms with Gasteiger partial charge in [-0.25, -0.2) is 4.98 Å². The molecule has 7 heteroatoms. The van der Waals surface area contributed by atoms with E-state index in [1.807, 2.05) is 25.1 Å². The van der Waals surface area contributed by atoms with Crippen LogP contribution in [0.4, 0.5) is 11.5 Å². The first-order valence-electron chi connectivity index (χ1n) is 8.54. The van der Waals surface area contributed by atoms with Crippen molar-refractivity contribution in [3.8, 4) is 11.5 Å². The summed E-state index contributed by atoms with van der Waals surface area (Å²) < 4.78 is 11.1. The maximum Gasteiger partial charge on any atom is 0.230 e. The molecule has 1 atom stereocenters. The molecule has 2 aliphatic heterocycles. The number of carbonyl (C=O) groups is 2. The largest absolute Gasteiger partial charge is 0.486 e. The fraction of sp³-hybridized carbons (Fsp3) is 0.316. The van der Waals surface area contributed by atoms with Crippen LogP contribution in [0.1, 0.15) is 12.0 Å². The molecule has 2 aliphatic rings. The van der Waals surface area contributed by atoms with E-state index in [0.29, 0.717) is 42.8 Å². The summed E-state index contributed by atoms with van der Waals surface area (Å²) in [7, 11) is 0. The first-order chi connectivity index (χ1) is 12.6. The number of ether oxygens (including phenoxy) is 2. The Morgan fingerprint density at radius 3 is 2.85 bits per heavy atom. The molecule has 26 heavy (non-hydrogen) atoms. The number of aromatic nitrogens is 1. The highest BCUT2D eigenvalue weighted by Crippen LogP contribution is 2.36. The monoisotopic (exact) mass is 353 g/mol. The minimum absolute atomic E-state index is 0.0837. The van der Waals surface area contributed by atoms with Crippen molar-refractivity contribution in [2.24, 2.45) is 5.92 Å². The third-order valence-electron chi connectivity index (χ3n) is 4.58. The van der Waals surface area contributed by atoms with Crippen molar-refractivity contribution in [1.82, 2.24) is 4.98 Å². The van der Waals surface area contributed by atoms with Gasteiger partial charge in [-0.1, -0.05) is 6.07 Å². The van der Waals surface area contributed by atoms with Gasteiger partial charge < -0.3 is 19.7 Å². The van der Waals surface area contributed by atoms with Gasteiger partial charge >= 0.3 is 0 Å². The number of hydrogen-bond donors (Lipinski definition) is 1. The molecule has 2 amide bonds. The topological polar surface area (TPSA) is 80.8 Å². The summed E-state index contributed by atoms with van der Waals surface area (Å²) in [6, 6.07) is 9.09. The molecule has 1 aromatic carbocycles. The van der Waals surface area contributed by atoms with E-state index in [-0.39, 0.29) is 18.2 Å². The smallest absolute Gasteiger partial charge is 0.230 e. The minimum Gasteiger partial charge on any atom is -0.486 e. The predicted octanol–water partition coefficient (Wildman–Crippen LogP) is 2.15. The Balaban J connectivity index is 1.48. The number of pyridine rings is 1. The highest BCUT2D eigenvalue weighted by molar-refractivity contribution is 6.03. The number of nitrogens with zero attached hydrogens (tertiary/aromatic N) is 2. The molecule has 1 aromatic heterocycles. The molecule has 0 unspecified atom stereocenters. The van der Waals surface area contributed by atoms with Crippen LogP contribution >= 0.6 is 0 Å². The summed E-state index contributed by atoms with van der Waals surface area (Å²) in [5, 5.41) is 2.82. The SMILES string of the molecule is Cc1cccnc1NC(=O)[C@H]1CC(=O)N(c2ccc3c(c2)OCCO3)C1. The average Bonchev–Trinajstić information content (AvgIpc) is 3.05. The Bertz CT molecular complexity index is 868. The highest BCUT2D eigenvalue weighted by atomic mass is 16.6. The van der Waals surface area contributed by atoms with Gasteiger partial charge in [0.2, 0.25) is 11.8 Å². The second-order valence-electron chi connectivity index (χ2n) is 6.39. The molecule has 4 rings (SSSR count). The maximum atomic E-state index is 12.5. The minimum atomic E-state index is -0.419. The molecule has 1 N–H and O–H groups in total. The zero-order valence-corrected chi connectivity index (χ0v) is 14.4. The normalized spacial score (nSPS) is 18.7. The molecule has 2 aromatic rings. The van der Waals surface area contributed by atoms with Crippen LogP contribution in [0.5, 0.6) is 11.5 Å². The van der Waals surface area contributed by atoms with Crippen molar-refractivity contribution in [2.75, 3.05) is 30.0 Å². The van der Waals surface area contributed by atoms with Crippen LogP contribution < -0.4 is 19.7 Å². The van der Waals surface area contributed by atoms with Gasteiger partial charge in [0.25, 0.3) is 0 Å². The van der Waals surface area contributed by atoms with Crippen molar-refractivity contribution < 1.29 is 19.1 Å². The van der Waals surface area contributed by atoms with Crippen LogP contribution in [0, 0.1) is 12.8 Å². The lowest BCUT2D eigenvalue weighted by Crippen LogP contribution is -2.28. The summed E-state index contributed by atoms with van der Waals surface area (Å²) >= 11 is 0. The van der Waals surface area contributed by atoms with E-state index >= 15 is 0 Å². The molecule has 0 aliphatic carbocycles. The van der Waals surface area contributed by atoms with Crippen LogP contribution in [0.3, 0.4) is 0 Å². The van der Waals surface area contributed by atoms with Crippen LogP contribution in [-0.4, -0.2) is 36.6 Å². The number of benzene rings is 1. The van der Waals surface area contributed by atoms with Crippen LogP contribution in [0.2, 0.25) is 0 Å². The first kappa shape index (κ1) is 16.4. The zero-order valence-electron chi connectivity index (χ0n) is 14.4. The Kier molecular flexibility index (Phi) is 4.20. The number of fused-ring (bicyclic) bond motifs is 1. The third kappa shape index (κ3) is 3.08. The maximum absolute atomic E-state index is 12.5. The lowest BCUT2D eigenvalue weighted by atomic mass is 10.1. The van der Waals surface area contributed by atoms with E-state index in [9.17, 15) is 9.59 Å². The number of hydrogen-bond acceptors (Lipinski definition) is 5. The van der Waals surface area contributed by atoms with Crippen LogP contribution in [-0.2, 0) is 9.59 Å². The summed E-state index contributed by atoms with van der Waals surface area (Å²) in [5.74, 6) is 1.13. The van der Waals surface area contributed by atoms with Crippen LogP contribution in [0.25, 0.3) is 0 Å². The molecule has 1 fully saturated rings. The van der Waals surface area contributed by atoms with Gasteiger partial charge in [0.15, 0.2) is 11.5 Å². The van der Waals surface area contributed by atoms with Gasteiger partial charge in [0.05, 0.1) is 5.92 Å². The van der Waals surface area contributed by atoms with Gasteiger partial charge in [-0.2, -0.15) is 0 Å². The van der Waals surface area contributed by atoms with Crippen LogP contribution in [0.15, 0.2) is 36.5 Å². The Morgan fingerprint density at radius 2 is 2.04 bits per heavy atom. The lowest BCUT2D eigenvalue weighted by molar-refractivity contribution is -0.122. The molecular formula is C19H19N3O4. The number of rotatable bonds is 3. The fourth-order valence-corrected chi connectivity index (χ4v) is 3.17. The van der Waals surface area contributed by atoms with E-state index < -0.39 is 5.92 Å². The van der Waals surface area contributed by atoms with Gasteiger partial charge in [-0.3, -0.25) is 9.59 Å². The number of amides is 2. The third-order valence-corrected chi connectivity index (χ3v) is 4.58. The molecule has 7 nitrogen and oxygen atoms in total. The fourth-order valence-electron chi connectivity index (χ4n) is 3.17. The Hall–Kier alpha value is -3.09. The summed E-state index contributed by atoms with van der Waals surface area (Å²) in [4.78, 5) is 30.8. The van der Waals surface area contributed by atoms with Gasteiger partial charge in [0, 0.05) is 30.9 Å². The molecule has 0 spiro atoms. The quantitative estimate of drug-likeness (QED) is 0.914. The van der Waals surface area contributed by atoms with E-state index in [2.05, 4.69) is 10.3 Å². The van der Waals surface area contributed by atoms with Crippen molar-refractivity contribution in [3.05, 3.63) is 42.1 Å². The first-order valence-corrected chi connectivity index (χ1v) is 8.54. The number of anilines is 2. The zero-order chi connectivity index (χ0) is 18.1. The Labute approximate surface area is 150 Å². The summed E-state index contributed by atoms with van der Waals surface area (Å²) in [5.41, 5.74) is 1.59. The average molecular weight is 353 g/mol. The standard InChI is InChI=1S/C19H19N3O4/c1-12-3-2-6-20-18(12)21-19(24)13-9-17(23)22(11-13)14-4-5-15-16(10-14)26-8-7-25-15/h2-6,10,13H,7-9,11H2,1H3,(H,20,21,24)/t13-/m0/s1. The second-order valence-corrected chi connectivity index (χ2v) is 6.39. The number of aryl methyl sites for hydroxylation is 1. The van der Waals surface area contributed by atoms with E-state index in [1.165, 1.54) is 0 Å². The number of carbonyl (C=O) groups excluding carboxylic acids is 2. The predicted molar refractivity (Wildman–Crippen MR) is 95.5 cm³/mol. The Morgan fingerprint density at radius 1 is 1.23 bits per heavy atom. The van der Waals surface area contributed by atoms with Gasteiger partial charge in [0.1, 0.15) is 19.0 Å². The van der Waals surface area contributed by atoms with Crippen molar-refractivity contribution in [2.45, 2.75) is 13.3 Å². The molecule has 1 saturated heterocycles. The van der Waals surface area contributed by atoms with Crippen molar-refractivity contribution in [3.63, 3.8) is 0 Å². The highest BCUT2D eigenvalue weighted by Gasteiger charge is 2.35. The molecule has 3 heterocycles. The van der Waals surface area contributed by atoms with Gasteiger partial charge in [-0.15, -0.1) is 0 Å². The van der Waals surface area contributed by atoms with E-state index in [0.717, 1.165) is 5.56 Å². The van der Waals surface area contributed by atoms with Crippen molar-refractivity contribution in [1.29, 1.82) is 0 Å². The summed E-state index contributed by atoms with van der Waals surface area (Å²) in [6.07, 6.45) is 1.80. The van der Waals surface area contributed by atoms with Crippen molar-refractivity contribution >= 4 is 23.3 Å². The van der Waals surface area contributed by atoms with E-state index in [1.54, 1.807) is 23.2 Å². The molecule has 134 valence electrons.